The quantitative estimate of drug-likeness (QED) is 0.645. The SMILES string of the molecule is CC[C@@H](C)C[C@](N)(CO)CCCF. The van der Waals surface area contributed by atoms with E-state index < -0.39 is 5.54 Å². The molecule has 2 atom stereocenters. The van der Waals surface area contributed by atoms with Gasteiger partial charge in [0.05, 0.1) is 13.3 Å². The van der Waals surface area contributed by atoms with Gasteiger partial charge in [-0.3, -0.25) is 4.39 Å². The van der Waals surface area contributed by atoms with E-state index in [1.165, 1.54) is 0 Å². The molecule has 2 nitrogen and oxygen atoms in total. The van der Waals surface area contributed by atoms with Crippen molar-refractivity contribution < 1.29 is 9.50 Å². The molecular weight excluding hydrogens is 169 g/mol. The molecule has 0 aliphatic rings. The minimum absolute atomic E-state index is 0.0443. The van der Waals surface area contributed by atoms with Gasteiger partial charge in [0.25, 0.3) is 0 Å². The first-order chi connectivity index (χ1) is 6.08. The first-order valence-electron chi connectivity index (χ1n) is 5.03. The largest absolute Gasteiger partial charge is 0.394 e. The molecule has 13 heavy (non-hydrogen) atoms. The topological polar surface area (TPSA) is 46.2 Å². The Morgan fingerprint density at radius 1 is 1.54 bits per heavy atom. The molecule has 3 heteroatoms. The Kier molecular flexibility index (Phi) is 6.25. The minimum atomic E-state index is -0.568. The highest BCUT2D eigenvalue weighted by molar-refractivity contribution is 4.84. The maximum Gasteiger partial charge on any atom is 0.0895 e. The molecule has 3 N–H and O–H groups in total. The summed E-state index contributed by atoms with van der Waals surface area (Å²) < 4.78 is 11.9. The molecule has 0 spiro atoms. The summed E-state index contributed by atoms with van der Waals surface area (Å²) in [5.41, 5.74) is 5.38. The number of hydrogen-bond acceptors (Lipinski definition) is 2. The van der Waals surface area contributed by atoms with Gasteiger partial charge < -0.3 is 10.8 Å². The standard InChI is InChI=1S/C10H22FNO/c1-3-9(2)7-10(12,8-13)5-4-6-11/h9,13H,3-8,12H2,1-2H3/t9-,10+/m1/s1. The fraction of sp³-hybridized carbons (Fsp3) is 1.00. The summed E-state index contributed by atoms with van der Waals surface area (Å²) >= 11 is 0. The summed E-state index contributed by atoms with van der Waals surface area (Å²) in [7, 11) is 0. The van der Waals surface area contributed by atoms with Gasteiger partial charge in [0.1, 0.15) is 0 Å². The van der Waals surface area contributed by atoms with Crippen molar-refractivity contribution in [1.29, 1.82) is 0 Å². The number of aliphatic hydroxyl groups excluding tert-OH is 1. The van der Waals surface area contributed by atoms with Crippen molar-refractivity contribution in [1.82, 2.24) is 0 Å². The zero-order valence-electron chi connectivity index (χ0n) is 8.72. The molecule has 0 rings (SSSR count). The van der Waals surface area contributed by atoms with Crippen LogP contribution in [-0.2, 0) is 0 Å². The number of alkyl halides is 1. The molecule has 0 aliphatic heterocycles. The van der Waals surface area contributed by atoms with Crippen molar-refractivity contribution in [2.75, 3.05) is 13.3 Å². The first-order valence-corrected chi connectivity index (χ1v) is 5.03. The summed E-state index contributed by atoms with van der Waals surface area (Å²) in [6, 6.07) is 0. The van der Waals surface area contributed by atoms with Gasteiger partial charge in [0.15, 0.2) is 0 Å². The van der Waals surface area contributed by atoms with Crippen LogP contribution in [0.1, 0.15) is 39.5 Å². The Morgan fingerprint density at radius 3 is 2.54 bits per heavy atom. The van der Waals surface area contributed by atoms with E-state index in [-0.39, 0.29) is 13.3 Å². The Balaban J connectivity index is 3.94. The molecule has 0 aromatic rings. The van der Waals surface area contributed by atoms with Gasteiger partial charge >= 0.3 is 0 Å². The van der Waals surface area contributed by atoms with Gasteiger partial charge in [-0.15, -0.1) is 0 Å². The molecule has 0 aliphatic carbocycles. The van der Waals surface area contributed by atoms with Crippen LogP contribution in [0.15, 0.2) is 0 Å². The second-order valence-corrected chi connectivity index (χ2v) is 4.03. The van der Waals surface area contributed by atoms with Crippen molar-refractivity contribution in [2.45, 2.75) is 45.1 Å². The summed E-state index contributed by atoms with van der Waals surface area (Å²) in [5, 5.41) is 9.11. The minimum Gasteiger partial charge on any atom is -0.394 e. The molecule has 0 aromatic carbocycles. The van der Waals surface area contributed by atoms with E-state index in [4.69, 9.17) is 10.8 Å². The highest BCUT2D eigenvalue weighted by Crippen LogP contribution is 2.21. The summed E-state index contributed by atoms with van der Waals surface area (Å²) in [6.45, 7) is 3.81. The van der Waals surface area contributed by atoms with Crippen LogP contribution >= 0.6 is 0 Å². The van der Waals surface area contributed by atoms with E-state index in [9.17, 15) is 4.39 Å². The number of rotatable bonds is 7. The summed E-state index contributed by atoms with van der Waals surface area (Å²) in [6.07, 6.45) is 2.85. The molecular formula is C10H22FNO. The van der Waals surface area contributed by atoms with E-state index in [2.05, 4.69) is 13.8 Å². The molecule has 0 bridgehead atoms. The Morgan fingerprint density at radius 2 is 2.15 bits per heavy atom. The van der Waals surface area contributed by atoms with Crippen LogP contribution < -0.4 is 5.73 Å². The lowest BCUT2D eigenvalue weighted by atomic mass is 9.85. The molecule has 0 aromatic heterocycles. The van der Waals surface area contributed by atoms with E-state index in [0.717, 1.165) is 12.8 Å². The van der Waals surface area contributed by atoms with Crippen LogP contribution in [0.25, 0.3) is 0 Å². The lowest BCUT2D eigenvalue weighted by molar-refractivity contribution is 0.156. The van der Waals surface area contributed by atoms with Crippen LogP contribution in [0.5, 0.6) is 0 Å². The Bertz CT molecular complexity index is 132. The maximum absolute atomic E-state index is 11.9. The van der Waals surface area contributed by atoms with Gasteiger partial charge in [0.2, 0.25) is 0 Å². The maximum atomic E-state index is 11.9. The number of aliphatic hydroxyl groups is 1. The van der Waals surface area contributed by atoms with Crippen LogP contribution in [0.4, 0.5) is 4.39 Å². The normalized spacial score (nSPS) is 18.2. The third-order valence-corrected chi connectivity index (χ3v) is 2.58. The van der Waals surface area contributed by atoms with Gasteiger partial charge in [-0.2, -0.15) is 0 Å². The van der Waals surface area contributed by atoms with Crippen molar-refractivity contribution in [3.8, 4) is 0 Å². The second kappa shape index (κ2) is 6.33. The smallest absolute Gasteiger partial charge is 0.0895 e. The average molecular weight is 191 g/mol. The predicted octanol–water partition coefficient (Wildman–Crippen LogP) is 1.86. The van der Waals surface area contributed by atoms with Crippen LogP contribution in [0, 0.1) is 5.92 Å². The number of halogens is 1. The summed E-state index contributed by atoms with van der Waals surface area (Å²) in [4.78, 5) is 0. The second-order valence-electron chi connectivity index (χ2n) is 4.03. The molecule has 0 heterocycles. The van der Waals surface area contributed by atoms with E-state index in [1.54, 1.807) is 0 Å². The number of hydrogen-bond donors (Lipinski definition) is 2. The lowest BCUT2D eigenvalue weighted by Crippen LogP contribution is -2.45. The van der Waals surface area contributed by atoms with Gasteiger partial charge in [-0.1, -0.05) is 20.3 Å². The Labute approximate surface area is 80.3 Å². The van der Waals surface area contributed by atoms with E-state index in [1.807, 2.05) is 0 Å². The van der Waals surface area contributed by atoms with E-state index >= 15 is 0 Å². The van der Waals surface area contributed by atoms with Gasteiger partial charge in [-0.05, 0) is 25.2 Å². The van der Waals surface area contributed by atoms with Crippen molar-refractivity contribution in [2.24, 2.45) is 11.7 Å². The van der Waals surface area contributed by atoms with Gasteiger partial charge in [0, 0.05) is 5.54 Å². The fourth-order valence-corrected chi connectivity index (χ4v) is 1.50. The molecule has 0 amide bonds. The van der Waals surface area contributed by atoms with Crippen molar-refractivity contribution in [3.05, 3.63) is 0 Å². The number of nitrogens with two attached hydrogens (primary N) is 1. The van der Waals surface area contributed by atoms with E-state index in [0.29, 0.717) is 18.8 Å². The zero-order valence-corrected chi connectivity index (χ0v) is 8.72. The van der Waals surface area contributed by atoms with Crippen molar-refractivity contribution >= 4 is 0 Å². The molecule has 0 saturated carbocycles. The molecule has 0 radical (unpaired) electrons. The molecule has 0 saturated heterocycles. The molecule has 0 fully saturated rings. The molecule has 80 valence electrons. The predicted molar refractivity (Wildman–Crippen MR) is 53.3 cm³/mol. The van der Waals surface area contributed by atoms with Gasteiger partial charge in [-0.25, -0.2) is 0 Å². The summed E-state index contributed by atoms with van der Waals surface area (Å²) in [5.74, 6) is 0.497. The Hall–Kier alpha value is -0.150. The van der Waals surface area contributed by atoms with Crippen LogP contribution in [-0.4, -0.2) is 23.9 Å². The fourth-order valence-electron chi connectivity index (χ4n) is 1.50. The third-order valence-electron chi connectivity index (χ3n) is 2.58. The molecule has 0 unspecified atom stereocenters. The average Bonchev–Trinajstić information content (AvgIpc) is 2.14. The van der Waals surface area contributed by atoms with Crippen LogP contribution in [0.3, 0.4) is 0 Å². The first kappa shape index (κ1) is 12.8. The zero-order chi connectivity index (χ0) is 10.3. The van der Waals surface area contributed by atoms with Crippen molar-refractivity contribution in [3.63, 3.8) is 0 Å². The highest BCUT2D eigenvalue weighted by atomic mass is 19.1. The third kappa shape index (κ3) is 5.21. The highest BCUT2D eigenvalue weighted by Gasteiger charge is 2.25. The lowest BCUT2D eigenvalue weighted by Gasteiger charge is -2.29. The monoisotopic (exact) mass is 191 g/mol. The van der Waals surface area contributed by atoms with Crippen LogP contribution in [0.2, 0.25) is 0 Å².